The summed E-state index contributed by atoms with van der Waals surface area (Å²) in [6.45, 7) is 2.04. The summed E-state index contributed by atoms with van der Waals surface area (Å²) in [5.74, 6) is 1.83. The maximum absolute atomic E-state index is 12.5. The SMILES string of the molecule is COc1ccc2c(c1)C[C@H](C(=O)Nc1ccn(CCN(C)C)n1)CO2. The molecule has 0 aliphatic carbocycles. The predicted molar refractivity (Wildman–Crippen MR) is 95.1 cm³/mol. The van der Waals surface area contributed by atoms with Crippen LogP contribution in [0.15, 0.2) is 30.5 Å². The third-order valence-electron chi connectivity index (χ3n) is 4.21. The molecule has 0 bridgehead atoms. The fraction of sp³-hybridized carbons (Fsp3) is 0.444. The van der Waals surface area contributed by atoms with E-state index >= 15 is 0 Å². The number of hydrogen-bond acceptors (Lipinski definition) is 5. The molecule has 0 spiro atoms. The summed E-state index contributed by atoms with van der Waals surface area (Å²) in [7, 11) is 5.66. The van der Waals surface area contributed by atoms with Crippen LogP contribution in [0.2, 0.25) is 0 Å². The van der Waals surface area contributed by atoms with Gasteiger partial charge in [0.25, 0.3) is 0 Å². The average Bonchev–Trinajstić information content (AvgIpc) is 3.06. The van der Waals surface area contributed by atoms with Crippen molar-refractivity contribution in [3.8, 4) is 11.5 Å². The number of hydrogen-bond donors (Lipinski definition) is 1. The Morgan fingerprint density at radius 3 is 3.04 bits per heavy atom. The third-order valence-corrected chi connectivity index (χ3v) is 4.21. The van der Waals surface area contributed by atoms with Crippen molar-refractivity contribution < 1.29 is 14.3 Å². The highest BCUT2D eigenvalue weighted by Crippen LogP contribution is 2.31. The molecule has 0 radical (unpaired) electrons. The molecule has 134 valence electrons. The smallest absolute Gasteiger partial charge is 0.232 e. The normalized spacial score (nSPS) is 16.2. The number of amides is 1. The maximum atomic E-state index is 12.5. The van der Waals surface area contributed by atoms with Gasteiger partial charge in [0.15, 0.2) is 5.82 Å². The summed E-state index contributed by atoms with van der Waals surface area (Å²) >= 11 is 0. The predicted octanol–water partition coefficient (Wildman–Crippen LogP) is 1.64. The number of fused-ring (bicyclic) bond motifs is 1. The van der Waals surface area contributed by atoms with Crippen molar-refractivity contribution in [3.05, 3.63) is 36.0 Å². The first-order chi connectivity index (χ1) is 12.0. The van der Waals surface area contributed by atoms with E-state index in [0.717, 1.165) is 30.2 Å². The van der Waals surface area contributed by atoms with Crippen molar-refractivity contribution in [2.45, 2.75) is 13.0 Å². The average molecular weight is 344 g/mol. The van der Waals surface area contributed by atoms with Gasteiger partial charge in [0.2, 0.25) is 5.91 Å². The number of anilines is 1. The molecule has 1 atom stereocenters. The molecular formula is C18H24N4O3. The van der Waals surface area contributed by atoms with Crippen LogP contribution in [-0.2, 0) is 17.8 Å². The van der Waals surface area contributed by atoms with Gasteiger partial charge in [-0.1, -0.05) is 0 Å². The molecule has 7 heteroatoms. The lowest BCUT2D eigenvalue weighted by Crippen LogP contribution is -2.32. The Kier molecular flexibility index (Phi) is 5.23. The van der Waals surface area contributed by atoms with Crippen molar-refractivity contribution in [1.82, 2.24) is 14.7 Å². The molecule has 0 saturated heterocycles. The summed E-state index contributed by atoms with van der Waals surface area (Å²) in [5, 5.41) is 7.27. The number of likely N-dealkylation sites (N-methyl/N-ethyl adjacent to an activating group) is 1. The van der Waals surface area contributed by atoms with Crippen LogP contribution in [0.4, 0.5) is 5.82 Å². The number of benzene rings is 1. The number of aromatic nitrogens is 2. The zero-order chi connectivity index (χ0) is 17.8. The minimum atomic E-state index is -0.244. The highest BCUT2D eigenvalue weighted by atomic mass is 16.5. The van der Waals surface area contributed by atoms with E-state index in [1.54, 1.807) is 7.11 Å². The quantitative estimate of drug-likeness (QED) is 0.863. The molecule has 0 saturated carbocycles. The van der Waals surface area contributed by atoms with E-state index in [1.165, 1.54) is 0 Å². The fourth-order valence-electron chi connectivity index (χ4n) is 2.75. The van der Waals surface area contributed by atoms with E-state index in [0.29, 0.717) is 18.8 Å². The second-order valence-electron chi connectivity index (χ2n) is 6.44. The largest absolute Gasteiger partial charge is 0.497 e. The molecule has 7 nitrogen and oxygen atoms in total. The molecular weight excluding hydrogens is 320 g/mol. The van der Waals surface area contributed by atoms with Gasteiger partial charge in [0.1, 0.15) is 18.1 Å². The first-order valence-electron chi connectivity index (χ1n) is 8.34. The van der Waals surface area contributed by atoms with Gasteiger partial charge in [0.05, 0.1) is 19.6 Å². The van der Waals surface area contributed by atoms with Crippen LogP contribution in [0.25, 0.3) is 0 Å². The summed E-state index contributed by atoms with van der Waals surface area (Å²) in [4.78, 5) is 14.6. The summed E-state index contributed by atoms with van der Waals surface area (Å²) in [6.07, 6.45) is 2.50. The zero-order valence-electron chi connectivity index (χ0n) is 14.9. The van der Waals surface area contributed by atoms with Crippen LogP contribution in [0.5, 0.6) is 11.5 Å². The van der Waals surface area contributed by atoms with Crippen LogP contribution >= 0.6 is 0 Å². The molecule has 1 aliphatic rings. The monoisotopic (exact) mass is 344 g/mol. The van der Waals surface area contributed by atoms with E-state index in [9.17, 15) is 4.79 Å². The van der Waals surface area contributed by atoms with Gasteiger partial charge in [-0.05, 0) is 44.3 Å². The van der Waals surface area contributed by atoms with E-state index < -0.39 is 0 Å². The van der Waals surface area contributed by atoms with Crippen LogP contribution in [0, 0.1) is 5.92 Å². The lowest BCUT2D eigenvalue weighted by molar-refractivity contribution is -0.121. The van der Waals surface area contributed by atoms with Crippen LogP contribution in [0.1, 0.15) is 5.56 Å². The lowest BCUT2D eigenvalue weighted by Gasteiger charge is -2.24. The molecule has 1 aliphatic heterocycles. The number of ether oxygens (including phenoxy) is 2. The van der Waals surface area contributed by atoms with Gasteiger partial charge < -0.3 is 19.7 Å². The topological polar surface area (TPSA) is 68.6 Å². The Balaban J connectivity index is 1.60. The molecule has 25 heavy (non-hydrogen) atoms. The molecule has 0 fully saturated rings. The third kappa shape index (κ3) is 4.30. The molecule has 1 amide bonds. The summed E-state index contributed by atoms with van der Waals surface area (Å²) in [5.41, 5.74) is 0.988. The van der Waals surface area contributed by atoms with Gasteiger partial charge in [-0.2, -0.15) is 5.10 Å². The number of carbonyl (C=O) groups excluding carboxylic acids is 1. The van der Waals surface area contributed by atoms with Crippen LogP contribution < -0.4 is 14.8 Å². The van der Waals surface area contributed by atoms with Gasteiger partial charge in [0, 0.05) is 18.8 Å². The number of methoxy groups -OCH3 is 1. The number of carbonyl (C=O) groups is 1. The van der Waals surface area contributed by atoms with Crippen molar-refractivity contribution >= 4 is 11.7 Å². The van der Waals surface area contributed by atoms with Gasteiger partial charge in [-0.25, -0.2) is 0 Å². The Labute approximate surface area is 147 Å². The number of rotatable bonds is 6. The lowest BCUT2D eigenvalue weighted by atomic mass is 9.96. The second-order valence-corrected chi connectivity index (χ2v) is 6.44. The van der Waals surface area contributed by atoms with Crippen LogP contribution in [0.3, 0.4) is 0 Å². The Bertz CT molecular complexity index is 742. The first kappa shape index (κ1) is 17.3. The zero-order valence-corrected chi connectivity index (χ0v) is 14.9. The number of nitrogens with one attached hydrogen (secondary N) is 1. The molecule has 1 N–H and O–H groups in total. The van der Waals surface area contributed by atoms with E-state index in [4.69, 9.17) is 9.47 Å². The number of nitrogens with zero attached hydrogens (tertiary/aromatic N) is 3. The fourth-order valence-corrected chi connectivity index (χ4v) is 2.75. The van der Waals surface area contributed by atoms with Gasteiger partial charge >= 0.3 is 0 Å². The maximum Gasteiger partial charge on any atom is 0.232 e. The van der Waals surface area contributed by atoms with Gasteiger partial charge in [-0.3, -0.25) is 9.48 Å². The highest BCUT2D eigenvalue weighted by Gasteiger charge is 2.26. The minimum absolute atomic E-state index is 0.0775. The van der Waals surface area contributed by atoms with E-state index in [2.05, 4.69) is 15.3 Å². The Hall–Kier alpha value is -2.54. The first-order valence-corrected chi connectivity index (χ1v) is 8.34. The summed E-state index contributed by atoms with van der Waals surface area (Å²) < 4.78 is 12.8. The van der Waals surface area contributed by atoms with Gasteiger partial charge in [-0.15, -0.1) is 0 Å². The Morgan fingerprint density at radius 2 is 2.28 bits per heavy atom. The molecule has 1 aromatic heterocycles. The molecule has 0 unspecified atom stereocenters. The second kappa shape index (κ2) is 7.57. The highest BCUT2D eigenvalue weighted by molar-refractivity contribution is 5.92. The molecule has 3 rings (SSSR count). The van der Waals surface area contributed by atoms with E-state index in [-0.39, 0.29) is 11.8 Å². The Morgan fingerprint density at radius 1 is 1.44 bits per heavy atom. The molecule has 1 aromatic carbocycles. The standard InChI is InChI=1S/C18H24N4O3/c1-21(2)8-9-22-7-6-17(20-22)19-18(23)14-10-13-11-15(24-3)4-5-16(13)25-12-14/h4-7,11,14H,8-10,12H2,1-3H3,(H,19,20,23)/t14-/m0/s1. The van der Waals surface area contributed by atoms with Crippen LogP contribution in [-0.4, -0.2) is 54.9 Å². The van der Waals surface area contributed by atoms with Crippen molar-refractivity contribution in [1.29, 1.82) is 0 Å². The van der Waals surface area contributed by atoms with Crippen molar-refractivity contribution in [3.63, 3.8) is 0 Å². The van der Waals surface area contributed by atoms with Crippen molar-refractivity contribution in [2.24, 2.45) is 5.92 Å². The van der Waals surface area contributed by atoms with Crippen molar-refractivity contribution in [2.75, 3.05) is 39.7 Å². The minimum Gasteiger partial charge on any atom is -0.497 e. The molecule has 2 aromatic rings. The summed E-state index contributed by atoms with van der Waals surface area (Å²) in [6, 6.07) is 7.48. The van der Waals surface area contributed by atoms with E-state index in [1.807, 2.05) is 49.2 Å². The molecule has 2 heterocycles.